The van der Waals surface area contributed by atoms with E-state index in [-0.39, 0.29) is 28.0 Å². The Morgan fingerprint density at radius 1 is 1.20 bits per heavy atom. The molecule has 0 aliphatic carbocycles. The molecule has 0 radical (unpaired) electrons. The Morgan fingerprint density at radius 2 is 2.02 bits per heavy atom. The van der Waals surface area contributed by atoms with Crippen LogP contribution in [0.3, 0.4) is 0 Å². The summed E-state index contributed by atoms with van der Waals surface area (Å²) in [6, 6.07) is 8.43. The van der Waals surface area contributed by atoms with Crippen LogP contribution in [0.25, 0.3) is 39.3 Å². The molecule has 1 unspecified atom stereocenters. The average molecular weight is 575 g/mol. The number of benzene rings is 1. The molecule has 0 bridgehead atoms. The number of tetrazole rings is 1. The number of hydrogen-bond donors (Lipinski definition) is 2. The Labute approximate surface area is 242 Å². The summed E-state index contributed by atoms with van der Waals surface area (Å²) in [5.74, 6) is 0.615. The number of hydrogen-bond acceptors (Lipinski definition) is 10. The van der Waals surface area contributed by atoms with Crippen molar-refractivity contribution < 1.29 is 8.85 Å². The number of nitrogens with one attached hydrogen (secondary N) is 1. The number of methoxy groups -OCH3 is 1. The maximum absolute atomic E-state index is 13.8. The minimum atomic E-state index is -2.61. The van der Waals surface area contributed by atoms with Gasteiger partial charge in [-0.3, -0.25) is 13.8 Å². The van der Waals surface area contributed by atoms with Crippen molar-refractivity contribution in [1.82, 2.24) is 44.1 Å². The number of anilines is 2. The smallest absolute Gasteiger partial charge is 0.261 e. The molecule has 41 heavy (non-hydrogen) atoms. The Hall–Kier alpha value is -5.04. The molecule has 5 heterocycles. The van der Waals surface area contributed by atoms with Crippen LogP contribution in [0.2, 0.25) is 5.15 Å². The summed E-state index contributed by atoms with van der Waals surface area (Å²) in [5, 5.41) is 15.6. The van der Waals surface area contributed by atoms with Gasteiger partial charge < -0.3 is 15.8 Å². The minimum absolute atomic E-state index is 0.0181. The van der Waals surface area contributed by atoms with Crippen LogP contribution in [-0.4, -0.2) is 51.2 Å². The van der Waals surface area contributed by atoms with Gasteiger partial charge in [0.05, 0.1) is 36.7 Å². The third kappa shape index (κ3) is 4.39. The predicted octanol–water partition coefficient (Wildman–Crippen LogP) is 3.56. The average Bonchev–Trinajstić information content (AvgIpc) is 3.65. The lowest BCUT2D eigenvalue weighted by molar-refractivity contribution is 0.415. The molecule has 0 aliphatic heterocycles. The molecule has 3 N–H and O–H groups in total. The highest BCUT2D eigenvalue weighted by Gasteiger charge is 2.22. The molecule has 1 atom stereocenters. The Kier molecular flexibility index (Phi) is 5.47. The normalized spacial score (nSPS) is 13.6. The maximum atomic E-state index is 13.8. The van der Waals surface area contributed by atoms with Crippen molar-refractivity contribution in [2.24, 2.45) is 14.0 Å². The molecule has 0 fully saturated rings. The van der Waals surface area contributed by atoms with E-state index in [9.17, 15) is 4.79 Å². The van der Waals surface area contributed by atoms with Gasteiger partial charge in [0.15, 0.2) is 11.6 Å². The van der Waals surface area contributed by atoms with E-state index in [1.807, 2.05) is 30.4 Å². The van der Waals surface area contributed by atoms with E-state index < -0.39 is 13.0 Å². The molecule has 14 heteroatoms. The molecule has 0 saturated heterocycles. The number of nitrogen functional groups attached to an aromatic ring is 1. The molecule has 1 aromatic carbocycles. The zero-order valence-electron chi connectivity index (χ0n) is 25.4. The summed E-state index contributed by atoms with van der Waals surface area (Å²) in [5.41, 5.74) is 10.4. The molecule has 6 rings (SSSR count). The minimum Gasteiger partial charge on any atom is -0.493 e. The first-order valence-corrected chi connectivity index (χ1v) is 12.8. The third-order valence-corrected chi connectivity index (χ3v) is 7.03. The summed E-state index contributed by atoms with van der Waals surface area (Å²) < 4.78 is 31.5. The van der Waals surface area contributed by atoms with E-state index in [1.165, 1.54) is 7.11 Å². The summed E-state index contributed by atoms with van der Waals surface area (Å²) in [6.45, 7) is 1.23. The molecular weight excluding hydrogens is 546 g/mol. The van der Waals surface area contributed by atoms with Crippen LogP contribution in [0, 0.1) is 6.92 Å². The lowest BCUT2D eigenvalue weighted by atomic mass is 10.0. The fourth-order valence-electron chi connectivity index (χ4n) is 4.97. The fourth-order valence-corrected chi connectivity index (χ4v) is 5.11. The Morgan fingerprint density at radius 3 is 2.78 bits per heavy atom. The summed E-state index contributed by atoms with van der Waals surface area (Å²) >= 11 is 6.19. The summed E-state index contributed by atoms with van der Waals surface area (Å²) in [6.07, 6.45) is 3.24. The van der Waals surface area contributed by atoms with Crippen LogP contribution in [0.4, 0.5) is 11.5 Å². The number of rotatable bonds is 6. The van der Waals surface area contributed by atoms with Crippen LogP contribution in [0.15, 0.2) is 47.7 Å². The molecule has 208 valence electrons. The molecule has 0 amide bonds. The van der Waals surface area contributed by atoms with Crippen molar-refractivity contribution >= 4 is 39.7 Å². The van der Waals surface area contributed by atoms with Gasteiger partial charge in [0.1, 0.15) is 28.5 Å². The van der Waals surface area contributed by atoms with Gasteiger partial charge in [0, 0.05) is 22.9 Å². The zero-order chi connectivity index (χ0) is 31.5. The van der Waals surface area contributed by atoms with Gasteiger partial charge in [-0.25, -0.2) is 15.0 Å². The van der Waals surface area contributed by atoms with Crippen molar-refractivity contribution in [3.8, 4) is 28.5 Å². The second-order valence-electron chi connectivity index (χ2n) is 9.51. The van der Waals surface area contributed by atoms with Crippen molar-refractivity contribution in [3.05, 3.63) is 69.5 Å². The molecule has 0 aliphatic rings. The van der Waals surface area contributed by atoms with Gasteiger partial charge in [-0.1, -0.05) is 17.7 Å². The first-order chi connectivity index (χ1) is 20.9. The second kappa shape index (κ2) is 9.86. The third-order valence-electron chi connectivity index (χ3n) is 6.82. The van der Waals surface area contributed by atoms with E-state index in [1.54, 1.807) is 42.3 Å². The molecule has 0 saturated carbocycles. The fraction of sp³-hybridized carbons (Fsp3) is 0.222. The first-order valence-electron chi connectivity index (χ1n) is 13.9. The van der Waals surface area contributed by atoms with Crippen molar-refractivity contribution in [1.29, 1.82) is 0 Å². The van der Waals surface area contributed by atoms with Gasteiger partial charge >= 0.3 is 0 Å². The van der Waals surface area contributed by atoms with E-state index in [0.29, 0.717) is 44.0 Å². The Balaban J connectivity index is 1.51. The standard InChI is InChI=1S/C27H26ClN11O2/c1-13-8-16(14(2)32-18-6-7-20(28)33-22(18)25-34-36-38(4)35-25)23-17(9-13)27(40)37(3)26-21(31-12-39(23)26)15-10-19(41-5)24(29)30-11-15/h6-12,14,32H,1-5H3,(H2,29,30)/i4D3. The summed E-state index contributed by atoms with van der Waals surface area (Å²) in [4.78, 5) is 27.6. The van der Waals surface area contributed by atoms with Gasteiger partial charge in [0.25, 0.3) is 5.56 Å². The maximum Gasteiger partial charge on any atom is 0.261 e. The molecule has 6 aromatic rings. The van der Waals surface area contributed by atoms with E-state index in [0.717, 1.165) is 11.1 Å². The first kappa shape index (κ1) is 22.7. The Bertz CT molecular complexity index is 2140. The van der Waals surface area contributed by atoms with E-state index >= 15 is 0 Å². The van der Waals surface area contributed by atoms with Crippen LogP contribution >= 0.6 is 11.6 Å². The number of pyridine rings is 2. The van der Waals surface area contributed by atoms with Crippen LogP contribution in [0.1, 0.15) is 28.2 Å². The van der Waals surface area contributed by atoms with Gasteiger partial charge in [0.2, 0.25) is 5.82 Å². The quantitative estimate of drug-likeness (QED) is 0.282. The number of halogens is 1. The number of ether oxygens (including phenoxy) is 1. The highest BCUT2D eigenvalue weighted by molar-refractivity contribution is 6.29. The highest BCUT2D eigenvalue weighted by Crippen LogP contribution is 2.34. The van der Waals surface area contributed by atoms with E-state index in [4.69, 9.17) is 26.2 Å². The molecular formula is C27H26ClN11O2. The highest BCUT2D eigenvalue weighted by atomic mass is 35.5. The molecule has 13 nitrogen and oxygen atoms in total. The van der Waals surface area contributed by atoms with Crippen molar-refractivity contribution in [3.63, 3.8) is 0 Å². The lowest BCUT2D eigenvalue weighted by Crippen LogP contribution is -2.21. The van der Waals surface area contributed by atoms with Crippen LogP contribution < -0.4 is 21.3 Å². The second-order valence-corrected chi connectivity index (χ2v) is 9.90. The molecule has 5 aromatic heterocycles. The molecule has 0 spiro atoms. The van der Waals surface area contributed by atoms with Crippen LogP contribution in [-0.2, 0) is 14.0 Å². The SMILES string of the molecule is [2H]C([2H])([2H])n1nnc(-c2nc(Cl)ccc2NC(C)c2cc(C)cc3c(=O)n(C)c4c(-c5cnc(N)c(OC)c5)ncn4c23)n1. The topological polar surface area (TPSA) is 156 Å². The monoisotopic (exact) mass is 574 g/mol. The van der Waals surface area contributed by atoms with Crippen molar-refractivity contribution in [2.75, 3.05) is 18.2 Å². The van der Waals surface area contributed by atoms with Gasteiger partial charge in [-0.2, -0.15) is 4.80 Å². The largest absolute Gasteiger partial charge is 0.493 e. The number of nitrogens with zero attached hydrogens (tertiary/aromatic N) is 9. The predicted molar refractivity (Wildman–Crippen MR) is 156 cm³/mol. The zero-order valence-corrected chi connectivity index (χ0v) is 23.2. The van der Waals surface area contributed by atoms with Gasteiger partial charge in [-0.05, 0) is 54.5 Å². The number of fused-ring (bicyclic) bond motifs is 3. The number of aromatic nitrogens is 9. The van der Waals surface area contributed by atoms with Crippen LogP contribution in [0.5, 0.6) is 5.75 Å². The number of aryl methyl sites for hydroxylation is 3. The number of imidazole rings is 1. The number of nitrogens with two attached hydrogens (primary N) is 1. The summed E-state index contributed by atoms with van der Waals surface area (Å²) in [7, 11) is 3.20. The van der Waals surface area contributed by atoms with E-state index in [2.05, 4.69) is 35.7 Å². The van der Waals surface area contributed by atoms with Gasteiger partial charge in [-0.15, -0.1) is 10.2 Å². The lowest BCUT2D eigenvalue weighted by Gasteiger charge is -2.21. The van der Waals surface area contributed by atoms with Crippen molar-refractivity contribution in [2.45, 2.75) is 19.9 Å².